The van der Waals surface area contributed by atoms with Gasteiger partial charge in [-0.3, -0.25) is 4.98 Å². The second kappa shape index (κ2) is 6.19. The maximum Gasteiger partial charge on any atom is 0.337 e. The molecule has 1 N–H and O–H groups in total. The Morgan fingerprint density at radius 3 is 2.65 bits per heavy atom. The van der Waals surface area contributed by atoms with Crippen LogP contribution in [-0.2, 0) is 11.3 Å². The first-order valence-corrected chi connectivity index (χ1v) is 6.44. The Kier molecular flexibility index (Phi) is 4.35. The summed E-state index contributed by atoms with van der Waals surface area (Å²) < 4.78 is 4.70. The lowest BCUT2D eigenvalue weighted by Crippen LogP contribution is -2.05. The van der Waals surface area contributed by atoms with E-state index in [0.717, 1.165) is 22.5 Å². The summed E-state index contributed by atoms with van der Waals surface area (Å²) in [5.41, 5.74) is 4.69. The number of aryl methyl sites for hydroxylation is 2. The van der Waals surface area contributed by atoms with Crippen LogP contribution in [0.2, 0.25) is 0 Å². The number of nitrogens with one attached hydrogen (secondary N) is 1. The zero-order valence-corrected chi connectivity index (χ0v) is 11.9. The van der Waals surface area contributed by atoms with Crippen LogP contribution in [0.1, 0.15) is 27.2 Å². The number of hydrogen-bond donors (Lipinski definition) is 1. The van der Waals surface area contributed by atoms with Gasteiger partial charge in [-0.2, -0.15) is 0 Å². The minimum Gasteiger partial charge on any atom is -0.465 e. The van der Waals surface area contributed by atoms with E-state index in [9.17, 15) is 4.79 Å². The van der Waals surface area contributed by atoms with E-state index < -0.39 is 0 Å². The number of hydrogen-bond acceptors (Lipinski definition) is 4. The summed E-state index contributed by atoms with van der Waals surface area (Å²) in [5, 5.41) is 3.34. The molecule has 20 heavy (non-hydrogen) atoms. The van der Waals surface area contributed by atoms with E-state index in [1.54, 1.807) is 6.07 Å². The Labute approximate surface area is 118 Å². The lowest BCUT2D eigenvalue weighted by molar-refractivity contribution is 0.0600. The first kappa shape index (κ1) is 14.1. The number of rotatable bonds is 4. The highest BCUT2D eigenvalue weighted by molar-refractivity contribution is 5.90. The fraction of sp³-hybridized carbons (Fsp3) is 0.250. The Bertz CT molecular complexity index is 606. The Hall–Kier alpha value is -2.36. The van der Waals surface area contributed by atoms with Crippen molar-refractivity contribution in [2.75, 3.05) is 12.4 Å². The quantitative estimate of drug-likeness (QED) is 0.867. The molecule has 0 bridgehead atoms. The van der Waals surface area contributed by atoms with Gasteiger partial charge in [0.15, 0.2) is 0 Å². The minimum atomic E-state index is -0.317. The molecule has 0 fully saturated rings. The highest BCUT2D eigenvalue weighted by Gasteiger charge is 2.07. The highest BCUT2D eigenvalue weighted by atomic mass is 16.5. The van der Waals surface area contributed by atoms with Crippen LogP contribution in [0.4, 0.5) is 5.69 Å². The Morgan fingerprint density at radius 1 is 1.25 bits per heavy atom. The number of carbonyl (C=O) groups excluding carboxylic acids is 1. The van der Waals surface area contributed by atoms with Crippen molar-refractivity contribution in [2.24, 2.45) is 0 Å². The molecular weight excluding hydrogens is 252 g/mol. The van der Waals surface area contributed by atoms with Gasteiger partial charge in [0.05, 0.1) is 12.7 Å². The molecule has 1 aromatic carbocycles. The van der Waals surface area contributed by atoms with Crippen molar-refractivity contribution in [2.45, 2.75) is 20.4 Å². The largest absolute Gasteiger partial charge is 0.465 e. The average Bonchev–Trinajstić information content (AvgIpc) is 2.46. The monoisotopic (exact) mass is 270 g/mol. The van der Waals surface area contributed by atoms with Crippen molar-refractivity contribution in [3.05, 3.63) is 58.9 Å². The predicted octanol–water partition coefficient (Wildman–Crippen LogP) is 3.10. The molecule has 4 nitrogen and oxygen atoms in total. The molecule has 0 spiro atoms. The normalized spacial score (nSPS) is 10.2. The molecule has 0 amide bonds. The van der Waals surface area contributed by atoms with Crippen LogP contribution in [-0.4, -0.2) is 18.1 Å². The molecule has 0 saturated heterocycles. The predicted molar refractivity (Wildman–Crippen MR) is 78.8 cm³/mol. The van der Waals surface area contributed by atoms with E-state index in [2.05, 4.69) is 10.3 Å². The molecule has 0 saturated carbocycles. The number of nitrogens with zero attached hydrogens (tertiary/aromatic N) is 1. The van der Waals surface area contributed by atoms with E-state index in [4.69, 9.17) is 4.74 Å². The summed E-state index contributed by atoms with van der Waals surface area (Å²) in [4.78, 5) is 15.7. The molecule has 2 rings (SSSR count). The van der Waals surface area contributed by atoms with Crippen molar-refractivity contribution in [1.82, 2.24) is 4.98 Å². The summed E-state index contributed by atoms with van der Waals surface area (Å²) in [6, 6.07) is 9.51. The highest BCUT2D eigenvalue weighted by Crippen LogP contribution is 2.18. The van der Waals surface area contributed by atoms with Gasteiger partial charge in [0.1, 0.15) is 0 Å². The van der Waals surface area contributed by atoms with Crippen LogP contribution < -0.4 is 5.32 Å². The third-order valence-corrected chi connectivity index (χ3v) is 3.10. The van der Waals surface area contributed by atoms with Gasteiger partial charge in [0, 0.05) is 24.1 Å². The second-order valence-corrected chi connectivity index (χ2v) is 4.68. The van der Waals surface area contributed by atoms with Crippen LogP contribution >= 0.6 is 0 Å². The van der Waals surface area contributed by atoms with E-state index in [-0.39, 0.29) is 5.97 Å². The molecule has 2 aromatic rings. The van der Waals surface area contributed by atoms with Crippen molar-refractivity contribution >= 4 is 11.7 Å². The summed E-state index contributed by atoms with van der Waals surface area (Å²) >= 11 is 0. The molecule has 0 unspecified atom stereocenters. The summed E-state index contributed by atoms with van der Waals surface area (Å²) in [6.45, 7) is 4.63. The maximum atomic E-state index is 11.4. The number of aromatic nitrogens is 1. The van der Waals surface area contributed by atoms with Gasteiger partial charge in [-0.25, -0.2) is 4.79 Å². The van der Waals surface area contributed by atoms with Crippen LogP contribution in [0.15, 0.2) is 36.5 Å². The van der Waals surface area contributed by atoms with Crippen LogP contribution in [0.3, 0.4) is 0 Å². The Morgan fingerprint density at radius 2 is 2.05 bits per heavy atom. The average molecular weight is 270 g/mol. The molecule has 104 valence electrons. The molecule has 1 aromatic heterocycles. The Balaban J connectivity index is 2.06. The van der Waals surface area contributed by atoms with Crippen molar-refractivity contribution < 1.29 is 9.53 Å². The maximum absolute atomic E-state index is 11.4. The SMILES string of the molecule is COC(=O)c1ccc(NCc2ccc(C)nc2)c(C)c1. The van der Waals surface area contributed by atoms with Gasteiger partial charge in [-0.05, 0) is 49.2 Å². The van der Waals surface area contributed by atoms with Gasteiger partial charge in [-0.1, -0.05) is 6.07 Å². The second-order valence-electron chi connectivity index (χ2n) is 4.68. The van der Waals surface area contributed by atoms with Gasteiger partial charge in [0.2, 0.25) is 0 Å². The zero-order valence-electron chi connectivity index (χ0n) is 11.9. The topological polar surface area (TPSA) is 51.2 Å². The molecule has 0 atom stereocenters. The van der Waals surface area contributed by atoms with Crippen LogP contribution in [0.25, 0.3) is 0 Å². The summed E-state index contributed by atoms with van der Waals surface area (Å²) in [6.07, 6.45) is 1.86. The van der Waals surface area contributed by atoms with Crippen LogP contribution in [0, 0.1) is 13.8 Å². The molecule has 0 radical (unpaired) electrons. The van der Waals surface area contributed by atoms with Gasteiger partial charge >= 0.3 is 5.97 Å². The number of anilines is 1. The number of benzene rings is 1. The van der Waals surface area contributed by atoms with Gasteiger partial charge < -0.3 is 10.1 Å². The van der Waals surface area contributed by atoms with Crippen molar-refractivity contribution in [3.63, 3.8) is 0 Å². The molecule has 0 aliphatic heterocycles. The lowest BCUT2D eigenvalue weighted by Gasteiger charge is -2.10. The van der Waals surface area contributed by atoms with E-state index >= 15 is 0 Å². The fourth-order valence-electron chi connectivity index (χ4n) is 1.91. The lowest BCUT2D eigenvalue weighted by atomic mass is 10.1. The first-order chi connectivity index (χ1) is 9.60. The summed E-state index contributed by atoms with van der Waals surface area (Å²) in [5.74, 6) is -0.317. The molecule has 4 heteroatoms. The number of ether oxygens (including phenoxy) is 1. The van der Waals surface area contributed by atoms with Crippen molar-refractivity contribution in [3.8, 4) is 0 Å². The van der Waals surface area contributed by atoms with Gasteiger partial charge in [0.25, 0.3) is 0 Å². The van der Waals surface area contributed by atoms with Crippen LogP contribution in [0.5, 0.6) is 0 Å². The number of pyridine rings is 1. The minimum absolute atomic E-state index is 0.317. The molecule has 1 heterocycles. The molecule has 0 aliphatic rings. The van der Waals surface area contributed by atoms with E-state index in [1.807, 2.05) is 44.3 Å². The smallest absolute Gasteiger partial charge is 0.337 e. The van der Waals surface area contributed by atoms with Gasteiger partial charge in [-0.15, -0.1) is 0 Å². The molecular formula is C16H18N2O2. The molecule has 0 aliphatic carbocycles. The fourth-order valence-corrected chi connectivity index (χ4v) is 1.91. The van der Waals surface area contributed by atoms with Crippen molar-refractivity contribution in [1.29, 1.82) is 0 Å². The third kappa shape index (κ3) is 3.35. The number of carbonyl (C=O) groups is 1. The number of methoxy groups -OCH3 is 1. The van der Waals surface area contributed by atoms with E-state index in [1.165, 1.54) is 7.11 Å². The standard InChI is InChI=1S/C16H18N2O2/c1-11-8-14(16(19)20-3)6-7-15(11)18-10-13-5-4-12(2)17-9-13/h4-9,18H,10H2,1-3H3. The third-order valence-electron chi connectivity index (χ3n) is 3.10. The van der Waals surface area contributed by atoms with E-state index in [0.29, 0.717) is 12.1 Å². The zero-order chi connectivity index (χ0) is 14.5. The number of esters is 1. The first-order valence-electron chi connectivity index (χ1n) is 6.44. The summed E-state index contributed by atoms with van der Waals surface area (Å²) in [7, 11) is 1.38.